The molecule has 0 unspecified atom stereocenters. The van der Waals surface area contributed by atoms with E-state index in [9.17, 15) is 4.79 Å². The molecule has 0 atom stereocenters. The topological polar surface area (TPSA) is 63.3 Å². The van der Waals surface area contributed by atoms with Gasteiger partial charge in [0.05, 0.1) is 0 Å². The fourth-order valence-electron chi connectivity index (χ4n) is 0.507. The van der Waals surface area contributed by atoms with Crippen LogP contribution in [0.5, 0.6) is 0 Å². The third-order valence-corrected chi connectivity index (χ3v) is 1.68. The number of nitrogens with two attached hydrogens (primary N) is 1. The second kappa shape index (κ2) is 6.74. The lowest BCUT2D eigenvalue weighted by Gasteiger charge is -1.89. The van der Waals surface area contributed by atoms with Crippen LogP contribution < -0.4 is 5.73 Å². The quantitative estimate of drug-likeness (QED) is 0.606. The Morgan fingerprint density at radius 2 is 2.15 bits per heavy atom. The lowest BCUT2D eigenvalue weighted by molar-refractivity contribution is -0.134. The number of carboxylic acids is 1. The van der Waals surface area contributed by atoms with E-state index in [-0.39, 0.29) is 5.88 Å². The van der Waals surface area contributed by atoms with E-state index in [0.29, 0.717) is 0 Å². The van der Waals surface area contributed by atoms with Crippen molar-refractivity contribution in [3.8, 4) is 0 Å². The highest BCUT2D eigenvalue weighted by Gasteiger charge is 1.83. The van der Waals surface area contributed by atoms with Crippen LogP contribution in [0.15, 0.2) is 28.7 Å². The number of alkyl halides is 1. The van der Waals surface area contributed by atoms with E-state index < -0.39 is 5.97 Å². The molecule has 0 bridgehead atoms. The third-order valence-electron chi connectivity index (χ3n) is 0.963. The Morgan fingerprint density at radius 3 is 2.38 bits per heavy atom. The van der Waals surface area contributed by atoms with Crippen LogP contribution in [-0.2, 0) is 4.79 Å². The van der Waals surface area contributed by atoms with Crippen LogP contribution in [0.1, 0.15) is 0 Å². The van der Waals surface area contributed by atoms with Gasteiger partial charge in [0.1, 0.15) is 5.88 Å². The lowest BCUT2D eigenvalue weighted by Crippen LogP contribution is -1.92. The first kappa shape index (κ1) is 12.3. The van der Waals surface area contributed by atoms with Crippen molar-refractivity contribution in [3.05, 3.63) is 28.7 Å². The summed E-state index contributed by atoms with van der Waals surface area (Å²) in [6.07, 6.45) is 0. The van der Waals surface area contributed by atoms with Crippen LogP contribution in [0.4, 0.5) is 5.69 Å². The molecule has 13 heavy (non-hydrogen) atoms. The average molecular weight is 267 g/mol. The number of halogens is 2. The van der Waals surface area contributed by atoms with E-state index >= 15 is 0 Å². The SMILES string of the molecule is Nc1cccc(Br)c1.O=C(O)CCl. The third kappa shape index (κ3) is 7.62. The van der Waals surface area contributed by atoms with E-state index in [1.165, 1.54) is 0 Å². The van der Waals surface area contributed by atoms with Crippen molar-refractivity contribution in [2.45, 2.75) is 0 Å². The van der Waals surface area contributed by atoms with Crippen LogP contribution in [0.25, 0.3) is 0 Å². The van der Waals surface area contributed by atoms with Crippen molar-refractivity contribution in [2.75, 3.05) is 11.6 Å². The molecular formula is C8H9BrClNO2. The minimum Gasteiger partial charge on any atom is -0.480 e. The van der Waals surface area contributed by atoms with Gasteiger partial charge in [-0.2, -0.15) is 0 Å². The molecule has 0 aliphatic carbocycles. The molecule has 3 nitrogen and oxygen atoms in total. The zero-order valence-corrected chi connectivity index (χ0v) is 9.05. The largest absolute Gasteiger partial charge is 0.480 e. The maximum atomic E-state index is 9.24. The maximum Gasteiger partial charge on any atom is 0.318 e. The second-order valence-corrected chi connectivity index (χ2v) is 3.27. The molecule has 3 N–H and O–H groups in total. The first-order valence-electron chi connectivity index (χ1n) is 3.35. The van der Waals surface area contributed by atoms with Gasteiger partial charge in [-0.05, 0) is 18.2 Å². The number of nitrogen functional groups attached to an aromatic ring is 1. The molecule has 0 aliphatic heterocycles. The molecule has 0 saturated carbocycles. The average Bonchev–Trinajstić information content (AvgIpc) is 2.05. The van der Waals surface area contributed by atoms with Crippen LogP contribution in [-0.4, -0.2) is 17.0 Å². The van der Waals surface area contributed by atoms with Crippen molar-refractivity contribution >= 4 is 39.2 Å². The number of aliphatic carboxylic acids is 1. The van der Waals surface area contributed by atoms with Crippen molar-refractivity contribution in [2.24, 2.45) is 0 Å². The summed E-state index contributed by atoms with van der Waals surface area (Å²) in [6.45, 7) is 0. The zero-order valence-electron chi connectivity index (χ0n) is 6.71. The Morgan fingerprint density at radius 1 is 1.62 bits per heavy atom. The summed E-state index contributed by atoms with van der Waals surface area (Å²) >= 11 is 8.02. The molecule has 0 spiro atoms. The summed E-state index contributed by atoms with van der Waals surface area (Å²) in [4.78, 5) is 9.24. The van der Waals surface area contributed by atoms with E-state index in [4.69, 9.17) is 22.4 Å². The van der Waals surface area contributed by atoms with Crippen molar-refractivity contribution in [3.63, 3.8) is 0 Å². The number of benzene rings is 1. The second-order valence-electron chi connectivity index (χ2n) is 2.08. The predicted molar refractivity (Wildman–Crippen MR) is 56.9 cm³/mol. The number of anilines is 1. The van der Waals surface area contributed by atoms with Gasteiger partial charge in [0, 0.05) is 10.2 Å². The Hall–Kier alpha value is -0.740. The maximum absolute atomic E-state index is 9.24. The molecule has 0 aliphatic rings. The first-order chi connectivity index (χ1) is 6.06. The van der Waals surface area contributed by atoms with Crippen LogP contribution in [0.2, 0.25) is 0 Å². The van der Waals surface area contributed by atoms with Crippen molar-refractivity contribution in [1.29, 1.82) is 0 Å². The monoisotopic (exact) mass is 265 g/mol. The molecule has 1 rings (SSSR count). The van der Waals surface area contributed by atoms with E-state index in [1.54, 1.807) is 0 Å². The van der Waals surface area contributed by atoms with Gasteiger partial charge in [-0.3, -0.25) is 4.79 Å². The summed E-state index contributed by atoms with van der Waals surface area (Å²) in [6, 6.07) is 7.56. The molecule has 5 heteroatoms. The van der Waals surface area contributed by atoms with Gasteiger partial charge >= 0.3 is 5.97 Å². The van der Waals surface area contributed by atoms with Gasteiger partial charge in [0.2, 0.25) is 0 Å². The van der Waals surface area contributed by atoms with Crippen molar-refractivity contribution in [1.82, 2.24) is 0 Å². The van der Waals surface area contributed by atoms with E-state index in [2.05, 4.69) is 15.9 Å². The zero-order chi connectivity index (χ0) is 10.3. The minimum absolute atomic E-state index is 0.306. The molecule has 0 aromatic heterocycles. The predicted octanol–water partition coefficient (Wildman–Crippen LogP) is 2.34. The number of carboxylic acid groups (broad SMARTS) is 1. The molecule has 0 radical (unpaired) electrons. The summed E-state index contributed by atoms with van der Waals surface area (Å²) < 4.78 is 1.03. The smallest absolute Gasteiger partial charge is 0.318 e. The standard InChI is InChI=1S/C6H6BrN.C2H3ClO2/c7-5-2-1-3-6(8)4-5;3-1-2(4)5/h1-4H,8H2;1H2,(H,4,5). The molecule has 0 fully saturated rings. The minimum atomic E-state index is -0.980. The Kier molecular flexibility index (Phi) is 6.36. The summed E-state index contributed by atoms with van der Waals surface area (Å²) in [5.41, 5.74) is 6.22. The van der Waals surface area contributed by atoms with E-state index in [0.717, 1.165) is 10.2 Å². The normalized spacial score (nSPS) is 8.46. The molecular weight excluding hydrogens is 257 g/mol. The number of hydrogen-bond acceptors (Lipinski definition) is 2. The van der Waals surface area contributed by atoms with Crippen LogP contribution in [0, 0.1) is 0 Å². The highest BCUT2D eigenvalue weighted by molar-refractivity contribution is 9.10. The molecule has 0 amide bonds. The fourth-order valence-corrected chi connectivity index (χ4v) is 0.924. The highest BCUT2D eigenvalue weighted by Crippen LogP contribution is 2.11. The van der Waals surface area contributed by atoms with Crippen molar-refractivity contribution < 1.29 is 9.90 Å². The van der Waals surface area contributed by atoms with Gasteiger partial charge in [-0.15, -0.1) is 11.6 Å². The molecule has 1 aromatic carbocycles. The van der Waals surface area contributed by atoms with E-state index in [1.807, 2.05) is 24.3 Å². The Labute approximate surface area is 89.6 Å². The van der Waals surface area contributed by atoms with Gasteiger partial charge in [0.15, 0.2) is 0 Å². The van der Waals surface area contributed by atoms with Gasteiger partial charge in [-0.25, -0.2) is 0 Å². The molecule has 72 valence electrons. The van der Waals surface area contributed by atoms with Crippen LogP contribution >= 0.6 is 27.5 Å². The van der Waals surface area contributed by atoms with Gasteiger partial charge < -0.3 is 10.8 Å². The first-order valence-corrected chi connectivity index (χ1v) is 4.68. The summed E-state index contributed by atoms with van der Waals surface area (Å²) in [5.74, 6) is -1.29. The fraction of sp³-hybridized carbons (Fsp3) is 0.125. The molecule has 0 heterocycles. The molecule has 1 aromatic rings. The number of carbonyl (C=O) groups is 1. The van der Waals surface area contributed by atoms with Crippen LogP contribution in [0.3, 0.4) is 0 Å². The van der Waals surface area contributed by atoms with Gasteiger partial charge in [0.25, 0.3) is 0 Å². The summed E-state index contributed by atoms with van der Waals surface area (Å²) in [7, 11) is 0. The lowest BCUT2D eigenvalue weighted by atomic mass is 10.3. The Bertz CT molecular complexity index is 263. The van der Waals surface area contributed by atoms with Gasteiger partial charge in [-0.1, -0.05) is 22.0 Å². The number of rotatable bonds is 1. The Balaban J connectivity index is 0.000000252. The molecule has 0 saturated heterocycles. The number of hydrogen-bond donors (Lipinski definition) is 2. The summed E-state index contributed by atoms with van der Waals surface area (Å²) in [5, 5.41) is 7.59. The highest BCUT2D eigenvalue weighted by atomic mass is 79.9.